The number of rotatable bonds is 3. The van der Waals surface area contributed by atoms with Crippen LogP contribution in [0, 0.1) is 5.92 Å². The number of nitrogens with one attached hydrogen (secondary N) is 1. The smallest absolute Gasteiger partial charge is 0.143 e. The van der Waals surface area contributed by atoms with Crippen LogP contribution in [-0.4, -0.2) is 13.2 Å². The Bertz CT molecular complexity index is 378. The summed E-state index contributed by atoms with van der Waals surface area (Å²) >= 11 is 0. The van der Waals surface area contributed by atoms with Crippen LogP contribution in [0.2, 0.25) is 0 Å². The van der Waals surface area contributed by atoms with Crippen molar-refractivity contribution in [1.29, 1.82) is 0 Å². The SMILES string of the molecule is COc1cccc(NC2CCCCC2C)c1N. The molecular formula is C14H22N2O. The highest BCUT2D eigenvalue weighted by Gasteiger charge is 2.21. The number of para-hydroxylation sites is 1. The average molecular weight is 234 g/mol. The summed E-state index contributed by atoms with van der Waals surface area (Å²) in [6, 6.07) is 6.44. The normalized spacial score (nSPS) is 24.4. The van der Waals surface area contributed by atoms with Gasteiger partial charge in [-0.05, 0) is 30.9 Å². The monoisotopic (exact) mass is 234 g/mol. The Morgan fingerprint density at radius 1 is 1.29 bits per heavy atom. The zero-order valence-corrected chi connectivity index (χ0v) is 10.7. The molecule has 0 bridgehead atoms. The Labute approximate surface area is 103 Å². The molecule has 3 heteroatoms. The summed E-state index contributed by atoms with van der Waals surface area (Å²) in [4.78, 5) is 0. The van der Waals surface area contributed by atoms with Crippen molar-refractivity contribution in [2.75, 3.05) is 18.2 Å². The van der Waals surface area contributed by atoms with Gasteiger partial charge in [-0.2, -0.15) is 0 Å². The van der Waals surface area contributed by atoms with E-state index >= 15 is 0 Å². The highest BCUT2D eigenvalue weighted by atomic mass is 16.5. The Kier molecular flexibility index (Phi) is 3.77. The highest BCUT2D eigenvalue weighted by molar-refractivity contribution is 5.73. The molecule has 1 saturated carbocycles. The second-order valence-electron chi connectivity index (χ2n) is 4.93. The first-order valence-electron chi connectivity index (χ1n) is 6.41. The average Bonchev–Trinajstić information content (AvgIpc) is 2.34. The Balaban J connectivity index is 2.12. The number of ether oxygens (including phenoxy) is 1. The number of hydrogen-bond acceptors (Lipinski definition) is 3. The van der Waals surface area contributed by atoms with Crippen molar-refractivity contribution in [1.82, 2.24) is 0 Å². The van der Waals surface area contributed by atoms with Crippen LogP contribution < -0.4 is 15.8 Å². The maximum Gasteiger partial charge on any atom is 0.143 e. The molecule has 1 aromatic rings. The summed E-state index contributed by atoms with van der Waals surface area (Å²) in [5.41, 5.74) is 7.79. The fraction of sp³-hybridized carbons (Fsp3) is 0.571. The van der Waals surface area contributed by atoms with E-state index in [2.05, 4.69) is 12.2 Å². The summed E-state index contributed by atoms with van der Waals surface area (Å²) in [5, 5.41) is 3.57. The van der Waals surface area contributed by atoms with E-state index in [-0.39, 0.29) is 0 Å². The van der Waals surface area contributed by atoms with Gasteiger partial charge in [0.1, 0.15) is 5.75 Å². The fourth-order valence-corrected chi connectivity index (χ4v) is 2.58. The van der Waals surface area contributed by atoms with E-state index in [1.165, 1.54) is 25.7 Å². The van der Waals surface area contributed by atoms with Gasteiger partial charge in [-0.25, -0.2) is 0 Å². The molecule has 3 N–H and O–H groups in total. The minimum Gasteiger partial charge on any atom is -0.495 e. The van der Waals surface area contributed by atoms with Crippen LogP contribution in [0.1, 0.15) is 32.6 Å². The molecule has 2 rings (SSSR count). The first-order valence-corrected chi connectivity index (χ1v) is 6.41. The molecule has 2 unspecified atom stereocenters. The van der Waals surface area contributed by atoms with Crippen molar-refractivity contribution in [2.45, 2.75) is 38.6 Å². The van der Waals surface area contributed by atoms with Crippen molar-refractivity contribution < 1.29 is 4.74 Å². The predicted molar refractivity (Wildman–Crippen MR) is 72.4 cm³/mol. The zero-order valence-electron chi connectivity index (χ0n) is 10.7. The van der Waals surface area contributed by atoms with Crippen LogP contribution in [0.15, 0.2) is 18.2 Å². The van der Waals surface area contributed by atoms with Crippen molar-refractivity contribution in [3.8, 4) is 5.75 Å². The fourth-order valence-electron chi connectivity index (χ4n) is 2.58. The number of methoxy groups -OCH3 is 1. The molecule has 17 heavy (non-hydrogen) atoms. The lowest BCUT2D eigenvalue weighted by molar-refractivity contribution is 0.349. The predicted octanol–water partition coefficient (Wildman–Crippen LogP) is 3.27. The minimum atomic E-state index is 0.540. The maximum absolute atomic E-state index is 6.07. The summed E-state index contributed by atoms with van der Waals surface area (Å²) < 4.78 is 5.24. The van der Waals surface area contributed by atoms with Gasteiger partial charge in [0, 0.05) is 6.04 Å². The largest absolute Gasteiger partial charge is 0.495 e. The first kappa shape index (κ1) is 12.1. The van der Waals surface area contributed by atoms with E-state index in [0.29, 0.717) is 17.6 Å². The van der Waals surface area contributed by atoms with Crippen LogP contribution >= 0.6 is 0 Å². The summed E-state index contributed by atoms with van der Waals surface area (Å²) in [6.45, 7) is 2.31. The second-order valence-corrected chi connectivity index (χ2v) is 4.93. The van der Waals surface area contributed by atoms with Gasteiger partial charge >= 0.3 is 0 Å². The number of benzene rings is 1. The number of anilines is 2. The number of nitrogens with two attached hydrogens (primary N) is 1. The van der Waals surface area contributed by atoms with Crippen LogP contribution in [-0.2, 0) is 0 Å². The molecule has 1 aliphatic rings. The van der Waals surface area contributed by atoms with Crippen LogP contribution in [0.3, 0.4) is 0 Å². The third kappa shape index (κ3) is 2.65. The summed E-state index contributed by atoms with van der Waals surface area (Å²) in [6.07, 6.45) is 5.21. The quantitative estimate of drug-likeness (QED) is 0.789. The second kappa shape index (κ2) is 5.30. The molecule has 0 spiro atoms. The lowest BCUT2D eigenvalue weighted by Crippen LogP contribution is -2.30. The van der Waals surface area contributed by atoms with Crippen molar-refractivity contribution in [3.63, 3.8) is 0 Å². The Morgan fingerprint density at radius 2 is 2.06 bits per heavy atom. The summed E-state index contributed by atoms with van der Waals surface area (Å²) in [7, 11) is 1.65. The zero-order chi connectivity index (χ0) is 12.3. The lowest BCUT2D eigenvalue weighted by atomic mass is 9.86. The van der Waals surface area contributed by atoms with Crippen molar-refractivity contribution in [2.24, 2.45) is 5.92 Å². The molecule has 1 fully saturated rings. The molecule has 0 amide bonds. The van der Waals surface area contributed by atoms with Gasteiger partial charge in [-0.3, -0.25) is 0 Å². The van der Waals surface area contributed by atoms with Gasteiger partial charge in [0.2, 0.25) is 0 Å². The molecule has 0 radical (unpaired) electrons. The third-order valence-corrected chi connectivity index (χ3v) is 3.74. The maximum atomic E-state index is 6.07. The van der Waals surface area contributed by atoms with Gasteiger partial charge in [-0.1, -0.05) is 25.8 Å². The Hall–Kier alpha value is -1.38. The third-order valence-electron chi connectivity index (χ3n) is 3.74. The molecule has 2 atom stereocenters. The molecule has 1 aliphatic carbocycles. The van der Waals surface area contributed by atoms with Crippen LogP contribution in [0.5, 0.6) is 5.75 Å². The first-order chi connectivity index (χ1) is 8.22. The van der Waals surface area contributed by atoms with Crippen molar-refractivity contribution in [3.05, 3.63) is 18.2 Å². The molecular weight excluding hydrogens is 212 g/mol. The van der Waals surface area contributed by atoms with Crippen molar-refractivity contribution >= 4 is 11.4 Å². The lowest BCUT2D eigenvalue weighted by Gasteiger charge is -2.31. The molecule has 1 aromatic carbocycles. The van der Waals surface area contributed by atoms with E-state index in [4.69, 9.17) is 10.5 Å². The van der Waals surface area contributed by atoms with E-state index in [9.17, 15) is 0 Å². The topological polar surface area (TPSA) is 47.3 Å². The van der Waals surface area contributed by atoms with E-state index in [1.807, 2.05) is 18.2 Å². The number of nitrogen functional groups attached to an aromatic ring is 1. The molecule has 0 heterocycles. The Morgan fingerprint density at radius 3 is 2.76 bits per heavy atom. The highest BCUT2D eigenvalue weighted by Crippen LogP contribution is 2.33. The molecule has 0 aromatic heterocycles. The van der Waals surface area contributed by atoms with Gasteiger partial charge in [0.15, 0.2) is 0 Å². The van der Waals surface area contributed by atoms with Gasteiger partial charge in [0.25, 0.3) is 0 Å². The van der Waals surface area contributed by atoms with E-state index in [1.54, 1.807) is 7.11 Å². The van der Waals surface area contributed by atoms with Gasteiger partial charge in [0.05, 0.1) is 18.5 Å². The van der Waals surface area contributed by atoms with E-state index in [0.717, 1.165) is 11.4 Å². The number of hydrogen-bond donors (Lipinski definition) is 2. The van der Waals surface area contributed by atoms with Crippen LogP contribution in [0.4, 0.5) is 11.4 Å². The van der Waals surface area contributed by atoms with E-state index < -0.39 is 0 Å². The minimum absolute atomic E-state index is 0.540. The van der Waals surface area contributed by atoms with Gasteiger partial charge in [-0.15, -0.1) is 0 Å². The summed E-state index contributed by atoms with van der Waals surface area (Å²) in [5.74, 6) is 1.47. The standard InChI is InChI=1S/C14H22N2O/c1-10-6-3-4-7-11(10)16-12-8-5-9-13(17-2)14(12)15/h5,8-11,16H,3-4,6-7,15H2,1-2H3. The molecule has 0 saturated heterocycles. The molecule has 3 nitrogen and oxygen atoms in total. The van der Waals surface area contributed by atoms with Gasteiger partial charge < -0.3 is 15.8 Å². The molecule has 0 aliphatic heterocycles. The molecule has 94 valence electrons. The van der Waals surface area contributed by atoms with Crippen LogP contribution in [0.25, 0.3) is 0 Å².